The lowest BCUT2D eigenvalue weighted by molar-refractivity contribution is -0.384. The monoisotopic (exact) mass is 558 g/mol. The summed E-state index contributed by atoms with van der Waals surface area (Å²) < 4.78 is 28.1. The van der Waals surface area contributed by atoms with Crippen LogP contribution in [0.2, 0.25) is 5.02 Å². The minimum absolute atomic E-state index is 0.00245. The molecule has 2 amide bonds. The number of carbonyl (C=O) groups is 2. The fourth-order valence-corrected chi connectivity index (χ4v) is 5.25. The van der Waals surface area contributed by atoms with Crippen molar-refractivity contribution in [3.63, 3.8) is 0 Å². The predicted octanol–water partition coefficient (Wildman–Crippen LogP) is 4.00. The number of nitro benzene ring substituents is 1. The second-order valence-electron chi connectivity index (χ2n) is 8.32. The largest absolute Gasteiger partial charge is 0.355 e. The van der Waals surface area contributed by atoms with Crippen LogP contribution in [-0.4, -0.2) is 49.2 Å². The van der Waals surface area contributed by atoms with Gasteiger partial charge < -0.3 is 10.2 Å². The molecule has 0 aromatic heterocycles. The fourth-order valence-electron chi connectivity index (χ4n) is 3.70. The molecular formula is C26H27ClN4O6S. The van der Waals surface area contributed by atoms with Crippen molar-refractivity contribution < 1.29 is 22.9 Å². The van der Waals surface area contributed by atoms with Gasteiger partial charge in [-0.3, -0.25) is 24.0 Å². The van der Waals surface area contributed by atoms with Crippen LogP contribution in [0.25, 0.3) is 0 Å². The van der Waals surface area contributed by atoms with Gasteiger partial charge in [0.05, 0.1) is 15.5 Å². The smallest absolute Gasteiger partial charge is 0.271 e. The Balaban J connectivity index is 2.05. The quantitative estimate of drug-likeness (QED) is 0.280. The summed E-state index contributed by atoms with van der Waals surface area (Å²) in [4.78, 5) is 38.3. The van der Waals surface area contributed by atoms with E-state index in [1.54, 1.807) is 44.2 Å². The number of benzene rings is 3. The number of nitro groups is 1. The van der Waals surface area contributed by atoms with Crippen LogP contribution in [0.3, 0.4) is 0 Å². The molecule has 0 fully saturated rings. The van der Waals surface area contributed by atoms with Gasteiger partial charge in [0, 0.05) is 30.2 Å². The van der Waals surface area contributed by atoms with Gasteiger partial charge in [0.2, 0.25) is 11.8 Å². The highest BCUT2D eigenvalue weighted by Crippen LogP contribution is 2.27. The second-order valence-corrected chi connectivity index (χ2v) is 10.6. The Morgan fingerprint density at radius 2 is 1.68 bits per heavy atom. The molecule has 0 aliphatic rings. The Labute approximate surface area is 226 Å². The van der Waals surface area contributed by atoms with E-state index >= 15 is 0 Å². The Morgan fingerprint density at radius 3 is 2.29 bits per heavy atom. The summed E-state index contributed by atoms with van der Waals surface area (Å²) in [6, 6.07) is 18.2. The lowest BCUT2D eigenvalue weighted by Crippen LogP contribution is -2.51. The predicted molar refractivity (Wildman–Crippen MR) is 144 cm³/mol. The van der Waals surface area contributed by atoms with Gasteiger partial charge in [-0.25, -0.2) is 8.42 Å². The van der Waals surface area contributed by atoms with Crippen molar-refractivity contribution in [3.8, 4) is 0 Å². The van der Waals surface area contributed by atoms with Gasteiger partial charge in [-0.2, -0.15) is 0 Å². The molecule has 38 heavy (non-hydrogen) atoms. The number of hydrogen-bond donors (Lipinski definition) is 1. The number of amides is 2. The SMILES string of the molecule is CCNC(=O)[C@H](C)N(Cc1ccc(Cl)cc1)C(=O)CN(c1cccc([N+](=O)[O-])c1)S(=O)(=O)c1ccccc1. The normalized spacial score (nSPS) is 11.9. The van der Waals surface area contributed by atoms with E-state index in [0.717, 1.165) is 10.4 Å². The third kappa shape index (κ3) is 6.87. The average molecular weight is 559 g/mol. The van der Waals surface area contributed by atoms with Crippen LogP contribution >= 0.6 is 11.6 Å². The highest BCUT2D eigenvalue weighted by atomic mass is 35.5. The van der Waals surface area contributed by atoms with Crippen LogP contribution in [0.5, 0.6) is 0 Å². The first-order valence-electron chi connectivity index (χ1n) is 11.7. The number of likely N-dealkylation sites (N-methyl/N-ethyl adjacent to an activating group) is 1. The van der Waals surface area contributed by atoms with Gasteiger partial charge in [0.25, 0.3) is 15.7 Å². The molecule has 1 N–H and O–H groups in total. The molecule has 0 unspecified atom stereocenters. The minimum Gasteiger partial charge on any atom is -0.355 e. The summed E-state index contributed by atoms with van der Waals surface area (Å²) in [6.45, 7) is 2.93. The molecule has 0 aliphatic heterocycles. The van der Waals surface area contributed by atoms with Gasteiger partial charge in [-0.05, 0) is 49.7 Å². The molecule has 0 aliphatic carbocycles. The molecule has 0 spiro atoms. The van der Waals surface area contributed by atoms with Crippen molar-refractivity contribution in [1.82, 2.24) is 10.2 Å². The number of halogens is 1. The van der Waals surface area contributed by atoms with Crippen molar-refractivity contribution in [2.75, 3.05) is 17.4 Å². The van der Waals surface area contributed by atoms with Crippen LogP contribution in [0.1, 0.15) is 19.4 Å². The van der Waals surface area contributed by atoms with Crippen LogP contribution < -0.4 is 9.62 Å². The first-order valence-corrected chi connectivity index (χ1v) is 13.5. The number of nitrogens with one attached hydrogen (secondary N) is 1. The maximum Gasteiger partial charge on any atom is 0.271 e. The van der Waals surface area contributed by atoms with Crippen LogP contribution in [0, 0.1) is 10.1 Å². The van der Waals surface area contributed by atoms with E-state index in [4.69, 9.17) is 11.6 Å². The number of rotatable bonds is 11. The van der Waals surface area contributed by atoms with Gasteiger partial charge in [-0.15, -0.1) is 0 Å². The summed E-state index contributed by atoms with van der Waals surface area (Å²) in [6.07, 6.45) is 0. The first-order chi connectivity index (χ1) is 18.0. The Kier molecular flexibility index (Phi) is 9.43. The summed E-state index contributed by atoms with van der Waals surface area (Å²) in [7, 11) is -4.31. The number of sulfonamides is 1. The third-order valence-electron chi connectivity index (χ3n) is 5.72. The molecule has 0 saturated carbocycles. The Bertz CT molecular complexity index is 1400. The summed E-state index contributed by atoms with van der Waals surface area (Å²) in [5, 5.41) is 14.6. The van der Waals surface area contributed by atoms with Gasteiger partial charge in [0.15, 0.2) is 0 Å². The molecule has 0 heterocycles. The zero-order chi connectivity index (χ0) is 27.9. The van der Waals surface area contributed by atoms with Crippen molar-refractivity contribution in [3.05, 3.63) is 99.6 Å². The molecule has 10 nitrogen and oxygen atoms in total. The van der Waals surface area contributed by atoms with Gasteiger partial charge in [-0.1, -0.05) is 48.0 Å². The van der Waals surface area contributed by atoms with Crippen LogP contribution in [-0.2, 0) is 26.2 Å². The van der Waals surface area contributed by atoms with Gasteiger partial charge >= 0.3 is 0 Å². The third-order valence-corrected chi connectivity index (χ3v) is 7.76. The zero-order valence-corrected chi connectivity index (χ0v) is 22.4. The van der Waals surface area contributed by atoms with E-state index < -0.39 is 39.3 Å². The van der Waals surface area contributed by atoms with E-state index in [9.17, 15) is 28.1 Å². The van der Waals surface area contributed by atoms with E-state index in [1.807, 2.05) is 0 Å². The van der Waals surface area contributed by atoms with Crippen LogP contribution in [0.15, 0.2) is 83.8 Å². The van der Waals surface area contributed by atoms with Gasteiger partial charge in [0.1, 0.15) is 12.6 Å². The molecule has 3 aromatic carbocycles. The molecule has 200 valence electrons. The fraction of sp³-hybridized carbons (Fsp3) is 0.231. The maximum atomic E-state index is 13.7. The standard InChI is InChI=1S/C26H27ClN4O6S/c1-3-28-26(33)19(2)29(17-20-12-14-21(27)15-13-20)25(32)18-30(22-8-7-9-23(16-22)31(34)35)38(36,37)24-10-5-4-6-11-24/h4-16,19H,3,17-18H2,1-2H3,(H,28,33)/t19-/m0/s1. The van der Waals surface area contributed by atoms with Crippen molar-refractivity contribution >= 4 is 44.8 Å². The Hall–Kier alpha value is -3.96. The number of hydrogen-bond acceptors (Lipinski definition) is 6. The number of anilines is 1. The second kappa shape index (κ2) is 12.5. The molecule has 0 saturated heterocycles. The number of carbonyl (C=O) groups excluding carboxylic acids is 2. The summed E-state index contributed by atoms with van der Waals surface area (Å²) >= 11 is 5.98. The molecule has 1 atom stereocenters. The molecule has 3 rings (SSSR count). The molecule has 12 heteroatoms. The highest BCUT2D eigenvalue weighted by molar-refractivity contribution is 7.92. The van der Waals surface area contributed by atoms with E-state index in [0.29, 0.717) is 17.1 Å². The first kappa shape index (κ1) is 28.6. The lowest BCUT2D eigenvalue weighted by Gasteiger charge is -2.32. The van der Waals surface area contributed by atoms with Crippen LogP contribution in [0.4, 0.5) is 11.4 Å². The van der Waals surface area contributed by atoms with E-state index in [2.05, 4.69) is 5.32 Å². The lowest BCUT2D eigenvalue weighted by atomic mass is 10.1. The number of non-ortho nitro benzene ring substituents is 1. The van der Waals surface area contributed by atoms with E-state index in [-0.39, 0.29) is 22.8 Å². The molecular weight excluding hydrogens is 532 g/mol. The summed E-state index contributed by atoms with van der Waals surface area (Å²) in [5.41, 5.74) is 0.275. The molecule has 0 bridgehead atoms. The topological polar surface area (TPSA) is 130 Å². The van der Waals surface area contributed by atoms with Crippen molar-refractivity contribution in [2.45, 2.75) is 31.3 Å². The van der Waals surface area contributed by atoms with Crippen molar-refractivity contribution in [1.29, 1.82) is 0 Å². The van der Waals surface area contributed by atoms with E-state index in [1.165, 1.54) is 47.4 Å². The zero-order valence-electron chi connectivity index (χ0n) is 20.8. The highest BCUT2D eigenvalue weighted by Gasteiger charge is 2.33. The maximum absolute atomic E-state index is 13.7. The minimum atomic E-state index is -4.31. The molecule has 0 radical (unpaired) electrons. The number of nitrogens with zero attached hydrogens (tertiary/aromatic N) is 3. The average Bonchev–Trinajstić information content (AvgIpc) is 2.91. The summed E-state index contributed by atoms with van der Waals surface area (Å²) in [5.74, 6) is -1.09. The Morgan fingerprint density at radius 1 is 1.03 bits per heavy atom. The molecule has 3 aromatic rings. The van der Waals surface area contributed by atoms with Crippen molar-refractivity contribution in [2.24, 2.45) is 0 Å².